The van der Waals surface area contributed by atoms with Crippen LogP contribution in [0.3, 0.4) is 0 Å². The van der Waals surface area contributed by atoms with Crippen LogP contribution in [-0.4, -0.2) is 23.5 Å². The fraction of sp³-hybridized carbons (Fsp3) is 0.455. The molecule has 3 N–H and O–H groups in total. The number of hydrogen-bond donors (Lipinski definition) is 2. The third kappa shape index (κ3) is 3.17. The van der Waals surface area contributed by atoms with Gasteiger partial charge in [0.1, 0.15) is 5.75 Å². The second-order valence-electron chi connectivity index (χ2n) is 3.85. The van der Waals surface area contributed by atoms with Crippen LogP contribution in [-0.2, 0) is 0 Å². The fourth-order valence-corrected chi connectivity index (χ4v) is 2.13. The Morgan fingerprint density at radius 3 is 2.76 bits per heavy atom. The van der Waals surface area contributed by atoms with Gasteiger partial charge in [0.25, 0.3) is 5.91 Å². The zero-order valence-electron chi connectivity index (χ0n) is 10.1. The van der Waals surface area contributed by atoms with Crippen molar-refractivity contribution < 1.29 is 9.53 Å². The Kier molecular flexibility index (Phi) is 4.47. The number of carbonyl (C=O) groups is 1. The van der Waals surface area contributed by atoms with Crippen LogP contribution in [0.2, 0.25) is 0 Å². The van der Waals surface area contributed by atoms with Crippen LogP contribution in [0.25, 0.3) is 0 Å². The number of thiophene rings is 1. The van der Waals surface area contributed by atoms with Crippen molar-refractivity contribution >= 4 is 34.5 Å². The van der Waals surface area contributed by atoms with E-state index in [1.54, 1.807) is 18.6 Å². The van der Waals surface area contributed by atoms with E-state index in [0.717, 1.165) is 0 Å². The normalized spacial score (nSPS) is 13.8. The van der Waals surface area contributed by atoms with Crippen molar-refractivity contribution in [1.29, 1.82) is 0 Å². The molecule has 0 radical (unpaired) electrons. The van der Waals surface area contributed by atoms with E-state index in [1.165, 1.54) is 11.3 Å². The van der Waals surface area contributed by atoms with Crippen LogP contribution in [0, 0.1) is 0 Å². The molecule has 0 aliphatic carbocycles. The lowest BCUT2D eigenvalue weighted by Crippen LogP contribution is -2.53. The Bertz CT molecular complexity index is 431. The van der Waals surface area contributed by atoms with Crippen LogP contribution in [0.5, 0.6) is 5.75 Å². The summed E-state index contributed by atoms with van der Waals surface area (Å²) >= 11 is 6.29. The fourth-order valence-electron chi connectivity index (χ4n) is 1.18. The minimum Gasteiger partial charge on any atom is -0.496 e. The number of ether oxygens (including phenoxy) is 1. The molecule has 1 amide bonds. The van der Waals surface area contributed by atoms with Gasteiger partial charge in [0.2, 0.25) is 0 Å². The Balaban J connectivity index is 2.81. The molecule has 0 aromatic carbocycles. The molecule has 0 aliphatic heterocycles. The molecule has 0 aliphatic rings. The largest absolute Gasteiger partial charge is 0.496 e. The van der Waals surface area contributed by atoms with Crippen molar-refractivity contribution in [2.75, 3.05) is 7.11 Å². The van der Waals surface area contributed by atoms with E-state index in [0.29, 0.717) is 17.0 Å². The summed E-state index contributed by atoms with van der Waals surface area (Å²) in [5, 5.41) is 4.62. The Morgan fingerprint density at radius 1 is 1.71 bits per heavy atom. The van der Waals surface area contributed by atoms with Crippen molar-refractivity contribution in [2.45, 2.75) is 25.8 Å². The van der Waals surface area contributed by atoms with Gasteiger partial charge in [0, 0.05) is 11.4 Å². The molecule has 1 rings (SSSR count). The summed E-state index contributed by atoms with van der Waals surface area (Å²) in [6.45, 7) is 3.74. The van der Waals surface area contributed by atoms with Gasteiger partial charge < -0.3 is 15.8 Å². The molecule has 0 spiro atoms. The summed E-state index contributed by atoms with van der Waals surface area (Å²) in [7, 11) is 1.56. The first kappa shape index (κ1) is 13.9. The molecular formula is C11H16N2O2S2. The highest BCUT2D eigenvalue weighted by molar-refractivity contribution is 7.80. The summed E-state index contributed by atoms with van der Waals surface area (Å²) in [5.74, 6) is 0.490. The van der Waals surface area contributed by atoms with Crippen LogP contribution >= 0.6 is 23.6 Å². The number of thiocarbonyl (C=S) groups is 1. The third-order valence-electron chi connectivity index (χ3n) is 2.68. The summed E-state index contributed by atoms with van der Waals surface area (Å²) in [6.07, 6.45) is 0.649. The standard InChI is InChI=1S/C11H16N2O2S2/c1-4-11(2,10(12)16)13-9(14)8-5-7(15-3)6-17-8/h5-6H,4H2,1-3H3,(H2,12,16)(H,13,14). The maximum Gasteiger partial charge on any atom is 0.262 e. The lowest BCUT2D eigenvalue weighted by molar-refractivity contribution is 0.0930. The quantitative estimate of drug-likeness (QED) is 0.804. The molecule has 0 bridgehead atoms. The van der Waals surface area contributed by atoms with Crippen LogP contribution in [0.1, 0.15) is 29.9 Å². The van der Waals surface area contributed by atoms with E-state index in [4.69, 9.17) is 22.7 Å². The molecule has 17 heavy (non-hydrogen) atoms. The highest BCUT2D eigenvalue weighted by Crippen LogP contribution is 2.22. The van der Waals surface area contributed by atoms with E-state index >= 15 is 0 Å². The second kappa shape index (κ2) is 5.46. The molecule has 1 atom stereocenters. The summed E-state index contributed by atoms with van der Waals surface area (Å²) < 4.78 is 5.03. The third-order valence-corrected chi connectivity index (χ3v) is 4.03. The van der Waals surface area contributed by atoms with Crippen LogP contribution < -0.4 is 15.8 Å². The van der Waals surface area contributed by atoms with E-state index < -0.39 is 5.54 Å². The highest BCUT2D eigenvalue weighted by Gasteiger charge is 2.28. The van der Waals surface area contributed by atoms with Gasteiger partial charge in [0.05, 0.1) is 22.5 Å². The number of methoxy groups -OCH3 is 1. The predicted octanol–water partition coefficient (Wildman–Crippen LogP) is 1.94. The highest BCUT2D eigenvalue weighted by atomic mass is 32.1. The van der Waals surface area contributed by atoms with Gasteiger partial charge in [-0.25, -0.2) is 0 Å². The van der Waals surface area contributed by atoms with E-state index in [1.807, 2.05) is 13.8 Å². The summed E-state index contributed by atoms with van der Waals surface area (Å²) in [4.78, 5) is 12.9. The molecule has 1 aromatic rings. The maximum absolute atomic E-state index is 12.0. The predicted molar refractivity (Wildman–Crippen MR) is 73.8 cm³/mol. The van der Waals surface area contributed by atoms with Gasteiger partial charge in [-0.2, -0.15) is 0 Å². The first-order chi connectivity index (χ1) is 7.92. The molecule has 1 heterocycles. The minimum absolute atomic E-state index is 0.185. The molecule has 0 fully saturated rings. The molecule has 94 valence electrons. The molecule has 0 saturated carbocycles. The van der Waals surface area contributed by atoms with Gasteiger partial charge in [-0.1, -0.05) is 19.1 Å². The lowest BCUT2D eigenvalue weighted by atomic mass is 9.99. The number of nitrogens with two attached hydrogens (primary N) is 1. The molecule has 0 saturated heterocycles. The zero-order chi connectivity index (χ0) is 13.1. The molecular weight excluding hydrogens is 256 g/mol. The average molecular weight is 272 g/mol. The Labute approximate surface area is 110 Å². The van der Waals surface area contributed by atoms with E-state index in [-0.39, 0.29) is 10.9 Å². The number of rotatable bonds is 5. The number of nitrogens with one attached hydrogen (secondary N) is 1. The lowest BCUT2D eigenvalue weighted by Gasteiger charge is -2.27. The van der Waals surface area contributed by atoms with Crippen molar-refractivity contribution in [3.63, 3.8) is 0 Å². The SMILES string of the molecule is CCC(C)(NC(=O)c1cc(OC)cs1)C(N)=S. The monoisotopic (exact) mass is 272 g/mol. The van der Waals surface area contributed by atoms with Crippen molar-refractivity contribution in [3.8, 4) is 5.75 Å². The average Bonchev–Trinajstić information content (AvgIpc) is 2.77. The van der Waals surface area contributed by atoms with Crippen molar-refractivity contribution in [1.82, 2.24) is 5.32 Å². The van der Waals surface area contributed by atoms with Gasteiger partial charge in [-0.05, 0) is 13.3 Å². The summed E-state index contributed by atoms with van der Waals surface area (Å²) in [6, 6.07) is 1.69. The van der Waals surface area contributed by atoms with Crippen LogP contribution in [0.4, 0.5) is 0 Å². The zero-order valence-corrected chi connectivity index (χ0v) is 11.7. The number of amides is 1. The minimum atomic E-state index is -0.649. The smallest absolute Gasteiger partial charge is 0.262 e. The van der Waals surface area contributed by atoms with E-state index in [2.05, 4.69) is 5.32 Å². The van der Waals surface area contributed by atoms with Gasteiger partial charge in [0.15, 0.2) is 0 Å². The van der Waals surface area contributed by atoms with Crippen molar-refractivity contribution in [2.24, 2.45) is 5.73 Å². The van der Waals surface area contributed by atoms with Gasteiger partial charge in [-0.15, -0.1) is 11.3 Å². The Morgan fingerprint density at radius 2 is 2.35 bits per heavy atom. The second-order valence-corrected chi connectivity index (χ2v) is 5.21. The molecule has 6 heteroatoms. The number of carbonyl (C=O) groups excluding carboxylic acids is 1. The first-order valence-corrected chi connectivity index (χ1v) is 6.46. The molecule has 4 nitrogen and oxygen atoms in total. The first-order valence-electron chi connectivity index (χ1n) is 5.18. The van der Waals surface area contributed by atoms with Crippen molar-refractivity contribution in [3.05, 3.63) is 16.3 Å². The van der Waals surface area contributed by atoms with Gasteiger partial charge in [-0.3, -0.25) is 4.79 Å². The topological polar surface area (TPSA) is 64.3 Å². The van der Waals surface area contributed by atoms with Gasteiger partial charge >= 0.3 is 0 Å². The molecule has 1 aromatic heterocycles. The Hall–Kier alpha value is -1.14. The molecule has 1 unspecified atom stereocenters. The van der Waals surface area contributed by atoms with Crippen LogP contribution in [0.15, 0.2) is 11.4 Å². The number of hydrogen-bond acceptors (Lipinski definition) is 4. The maximum atomic E-state index is 12.0. The summed E-state index contributed by atoms with van der Waals surface area (Å²) in [5.41, 5.74) is 4.99. The van der Waals surface area contributed by atoms with E-state index in [9.17, 15) is 4.79 Å².